The number of hydrogen-bond acceptors (Lipinski definition) is 2. The van der Waals surface area contributed by atoms with E-state index in [-0.39, 0.29) is 5.91 Å². The minimum Gasteiger partial charge on any atom is -0.318 e. The molecule has 0 unspecified atom stereocenters. The number of fused-ring (bicyclic) bond motifs is 1. The summed E-state index contributed by atoms with van der Waals surface area (Å²) in [5.41, 5.74) is 3.61. The molecule has 3 rings (SSSR count). The maximum Gasteiger partial charge on any atom is 0.279 e. The fraction of sp³-hybridized carbons (Fsp3) is 0.176. The van der Waals surface area contributed by atoms with E-state index in [4.69, 9.17) is 11.6 Å². The van der Waals surface area contributed by atoms with Crippen molar-refractivity contribution < 1.29 is 4.79 Å². The number of carbonyl (C=O) groups excluding carboxylic acids is 1. The van der Waals surface area contributed by atoms with Crippen LogP contribution in [0.1, 0.15) is 21.5 Å². The topological polar surface area (TPSA) is 34.4 Å². The van der Waals surface area contributed by atoms with E-state index in [1.165, 1.54) is 11.3 Å². The van der Waals surface area contributed by atoms with Crippen LogP contribution in [-0.2, 0) is 7.05 Å². The molecule has 22 heavy (non-hydrogen) atoms. The van der Waals surface area contributed by atoms with Crippen molar-refractivity contribution in [2.24, 2.45) is 12.0 Å². The van der Waals surface area contributed by atoms with Crippen LogP contribution < -0.4 is 4.80 Å². The minimum atomic E-state index is -0.226. The molecule has 0 aliphatic heterocycles. The smallest absolute Gasteiger partial charge is 0.279 e. The summed E-state index contributed by atoms with van der Waals surface area (Å²) < 4.78 is 2.88. The number of thiazole rings is 1. The van der Waals surface area contributed by atoms with Crippen LogP contribution in [-0.4, -0.2) is 10.5 Å². The maximum absolute atomic E-state index is 12.5. The number of halogens is 1. The highest BCUT2D eigenvalue weighted by molar-refractivity contribution is 7.16. The predicted octanol–water partition coefficient (Wildman–Crippen LogP) is 4.25. The van der Waals surface area contributed by atoms with Gasteiger partial charge in [0.05, 0.1) is 15.2 Å². The van der Waals surface area contributed by atoms with Gasteiger partial charge in [-0.15, -0.1) is 0 Å². The van der Waals surface area contributed by atoms with E-state index < -0.39 is 0 Å². The lowest BCUT2D eigenvalue weighted by molar-refractivity contribution is 0.0997. The van der Waals surface area contributed by atoms with Gasteiger partial charge in [-0.2, -0.15) is 4.99 Å². The normalized spacial score (nSPS) is 12.1. The van der Waals surface area contributed by atoms with Crippen LogP contribution in [0, 0.1) is 13.8 Å². The Morgan fingerprint density at radius 1 is 1.23 bits per heavy atom. The third-order valence-corrected chi connectivity index (χ3v) is 4.98. The molecule has 3 nitrogen and oxygen atoms in total. The van der Waals surface area contributed by atoms with Gasteiger partial charge in [0.1, 0.15) is 0 Å². The van der Waals surface area contributed by atoms with Gasteiger partial charge in [-0.25, -0.2) is 0 Å². The van der Waals surface area contributed by atoms with Crippen LogP contribution >= 0.6 is 22.9 Å². The van der Waals surface area contributed by atoms with Gasteiger partial charge in [0.15, 0.2) is 4.80 Å². The number of nitrogens with zero attached hydrogens (tertiary/aromatic N) is 2. The zero-order valence-corrected chi connectivity index (χ0v) is 14.1. The standard InChI is InChI=1S/C17H15ClN2OS/c1-10-7-8-12(11(2)9-10)16(21)19-17-20(3)15-13(18)5-4-6-14(15)22-17/h4-9H,1-3H3. The molecular weight excluding hydrogens is 316 g/mol. The lowest BCUT2D eigenvalue weighted by Crippen LogP contribution is -2.14. The second kappa shape index (κ2) is 5.71. The molecular formula is C17H15ClN2OS. The predicted molar refractivity (Wildman–Crippen MR) is 91.6 cm³/mol. The molecule has 3 aromatic rings. The second-order valence-electron chi connectivity index (χ2n) is 5.27. The van der Waals surface area contributed by atoms with Crippen LogP contribution in [0.15, 0.2) is 41.4 Å². The zero-order chi connectivity index (χ0) is 15.9. The molecule has 0 aliphatic rings. The first-order valence-electron chi connectivity index (χ1n) is 6.88. The highest BCUT2D eigenvalue weighted by Crippen LogP contribution is 2.24. The molecule has 5 heteroatoms. The number of benzene rings is 2. The summed E-state index contributed by atoms with van der Waals surface area (Å²) in [5.74, 6) is -0.226. The maximum atomic E-state index is 12.5. The molecule has 0 aliphatic carbocycles. The van der Waals surface area contributed by atoms with E-state index >= 15 is 0 Å². The molecule has 0 spiro atoms. The molecule has 1 aromatic heterocycles. The van der Waals surface area contributed by atoms with E-state index in [0.29, 0.717) is 15.4 Å². The Morgan fingerprint density at radius 2 is 2.00 bits per heavy atom. The Hall–Kier alpha value is -1.91. The number of para-hydroxylation sites is 1. The zero-order valence-electron chi connectivity index (χ0n) is 12.6. The number of amides is 1. The fourth-order valence-electron chi connectivity index (χ4n) is 2.46. The van der Waals surface area contributed by atoms with E-state index in [1.807, 2.05) is 61.9 Å². The summed E-state index contributed by atoms with van der Waals surface area (Å²) in [4.78, 5) is 17.4. The number of rotatable bonds is 1. The minimum absolute atomic E-state index is 0.226. The molecule has 2 aromatic carbocycles. The first-order valence-corrected chi connectivity index (χ1v) is 8.07. The number of aryl methyl sites for hydroxylation is 3. The van der Waals surface area contributed by atoms with Crippen molar-refractivity contribution in [3.8, 4) is 0 Å². The highest BCUT2D eigenvalue weighted by Gasteiger charge is 2.10. The third kappa shape index (κ3) is 2.60. The van der Waals surface area contributed by atoms with Gasteiger partial charge in [-0.1, -0.05) is 46.7 Å². The average Bonchev–Trinajstić information content (AvgIpc) is 2.76. The van der Waals surface area contributed by atoms with Crippen molar-refractivity contribution in [1.29, 1.82) is 0 Å². The molecule has 0 bridgehead atoms. The molecule has 0 saturated heterocycles. The van der Waals surface area contributed by atoms with Crippen molar-refractivity contribution in [2.75, 3.05) is 0 Å². The van der Waals surface area contributed by atoms with Gasteiger partial charge in [-0.05, 0) is 37.6 Å². The molecule has 112 valence electrons. The van der Waals surface area contributed by atoms with Crippen molar-refractivity contribution in [3.63, 3.8) is 0 Å². The van der Waals surface area contributed by atoms with Gasteiger partial charge in [0.2, 0.25) is 0 Å². The van der Waals surface area contributed by atoms with Crippen LogP contribution in [0.4, 0.5) is 0 Å². The molecule has 1 heterocycles. The lowest BCUT2D eigenvalue weighted by Gasteiger charge is -2.02. The molecule has 0 fully saturated rings. The van der Waals surface area contributed by atoms with Gasteiger partial charge >= 0.3 is 0 Å². The van der Waals surface area contributed by atoms with Crippen LogP contribution in [0.3, 0.4) is 0 Å². The molecule has 0 N–H and O–H groups in total. The summed E-state index contributed by atoms with van der Waals surface area (Å²) in [6.07, 6.45) is 0. The Bertz CT molecular complexity index is 953. The molecule has 0 atom stereocenters. The molecule has 0 radical (unpaired) electrons. The van der Waals surface area contributed by atoms with Crippen LogP contribution in [0.25, 0.3) is 10.2 Å². The van der Waals surface area contributed by atoms with E-state index in [1.54, 1.807) is 0 Å². The molecule has 1 amide bonds. The van der Waals surface area contributed by atoms with Crippen molar-refractivity contribution in [2.45, 2.75) is 13.8 Å². The highest BCUT2D eigenvalue weighted by atomic mass is 35.5. The quantitative estimate of drug-likeness (QED) is 0.656. The SMILES string of the molecule is Cc1ccc(C(=O)N=c2sc3cccc(Cl)c3n2C)c(C)c1. The average molecular weight is 331 g/mol. The summed E-state index contributed by atoms with van der Waals surface area (Å²) in [6, 6.07) is 11.5. The summed E-state index contributed by atoms with van der Waals surface area (Å²) in [6.45, 7) is 3.93. The Morgan fingerprint density at radius 3 is 2.68 bits per heavy atom. The monoisotopic (exact) mass is 330 g/mol. The Balaban J connectivity index is 2.14. The number of hydrogen-bond donors (Lipinski definition) is 0. The lowest BCUT2D eigenvalue weighted by atomic mass is 10.1. The molecule has 0 saturated carbocycles. The summed E-state index contributed by atoms with van der Waals surface area (Å²) in [7, 11) is 1.87. The van der Waals surface area contributed by atoms with Crippen molar-refractivity contribution >= 4 is 39.1 Å². The number of aromatic nitrogens is 1. The van der Waals surface area contributed by atoms with Crippen LogP contribution in [0.2, 0.25) is 5.02 Å². The Labute approximate surface area is 137 Å². The van der Waals surface area contributed by atoms with Gasteiger partial charge in [0.25, 0.3) is 5.91 Å². The van der Waals surface area contributed by atoms with Crippen molar-refractivity contribution in [3.05, 3.63) is 62.9 Å². The van der Waals surface area contributed by atoms with Gasteiger partial charge in [-0.3, -0.25) is 4.79 Å². The van der Waals surface area contributed by atoms with E-state index in [0.717, 1.165) is 21.3 Å². The van der Waals surface area contributed by atoms with E-state index in [2.05, 4.69) is 4.99 Å². The van der Waals surface area contributed by atoms with E-state index in [9.17, 15) is 4.79 Å². The third-order valence-electron chi connectivity index (χ3n) is 3.58. The van der Waals surface area contributed by atoms with Crippen LogP contribution in [0.5, 0.6) is 0 Å². The van der Waals surface area contributed by atoms with Crippen molar-refractivity contribution in [1.82, 2.24) is 4.57 Å². The first-order chi connectivity index (χ1) is 10.5. The number of carbonyl (C=O) groups is 1. The first kappa shape index (κ1) is 15.0. The summed E-state index contributed by atoms with van der Waals surface area (Å²) >= 11 is 7.69. The Kier molecular flexibility index (Phi) is 3.89. The van der Waals surface area contributed by atoms with Gasteiger partial charge in [0, 0.05) is 12.6 Å². The van der Waals surface area contributed by atoms with Gasteiger partial charge < -0.3 is 4.57 Å². The fourth-order valence-corrected chi connectivity index (χ4v) is 3.87. The summed E-state index contributed by atoms with van der Waals surface area (Å²) in [5, 5.41) is 0.664. The second-order valence-corrected chi connectivity index (χ2v) is 6.68. The largest absolute Gasteiger partial charge is 0.318 e.